The molecule has 1 aliphatic rings. The van der Waals surface area contributed by atoms with Gasteiger partial charge in [-0.15, -0.1) is 0 Å². The van der Waals surface area contributed by atoms with Crippen molar-refractivity contribution in [2.45, 2.75) is 6.54 Å². The van der Waals surface area contributed by atoms with Crippen molar-refractivity contribution in [2.24, 2.45) is 4.99 Å². The molecule has 0 saturated heterocycles. The van der Waals surface area contributed by atoms with Gasteiger partial charge in [-0.05, 0) is 6.07 Å². The summed E-state index contributed by atoms with van der Waals surface area (Å²) in [7, 11) is 0. The molecular formula is C8H13N5. The summed E-state index contributed by atoms with van der Waals surface area (Å²) in [6.45, 7) is 3.55. The number of hydrogen-bond acceptors (Lipinski definition) is 4. The van der Waals surface area contributed by atoms with Crippen molar-refractivity contribution in [1.82, 2.24) is 20.4 Å². The monoisotopic (exact) mass is 179 g/mol. The lowest BCUT2D eigenvalue weighted by molar-refractivity contribution is 0.600. The van der Waals surface area contributed by atoms with E-state index in [4.69, 9.17) is 0 Å². The van der Waals surface area contributed by atoms with Crippen LogP contribution in [-0.2, 0) is 6.54 Å². The molecule has 1 aliphatic heterocycles. The Kier molecular flexibility index (Phi) is 2.45. The van der Waals surface area contributed by atoms with Crippen molar-refractivity contribution in [3.05, 3.63) is 18.5 Å². The maximum atomic E-state index is 4.22. The lowest BCUT2D eigenvalue weighted by Gasteiger charge is -2.05. The predicted octanol–water partition coefficient (Wildman–Crippen LogP) is -0.568. The van der Waals surface area contributed by atoms with Gasteiger partial charge in [0.2, 0.25) is 0 Å². The van der Waals surface area contributed by atoms with E-state index in [-0.39, 0.29) is 0 Å². The fourth-order valence-corrected chi connectivity index (χ4v) is 1.24. The summed E-state index contributed by atoms with van der Waals surface area (Å²) in [6.07, 6.45) is 3.73. The molecule has 0 aromatic carbocycles. The van der Waals surface area contributed by atoms with Crippen LogP contribution in [-0.4, -0.2) is 35.4 Å². The molecule has 13 heavy (non-hydrogen) atoms. The first kappa shape index (κ1) is 8.10. The quantitative estimate of drug-likeness (QED) is 0.653. The van der Waals surface area contributed by atoms with Crippen LogP contribution in [0.5, 0.6) is 0 Å². The third-order valence-corrected chi connectivity index (χ3v) is 1.87. The summed E-state index contributed by atoms with van der Waals surface area (Å²) >= 11 is 0. The molecule has 5 heteroatoms. The van der Waals surface area contributed by atoms with Crippen LogP contribution >= 0.6 is 0 Å². The van der Waals surface area contributed by atoms with Crippen molar-refractivity contribution in [3.63, 3.8) is 0 Å². The van der Waals surface area contributed by atoms with Gasteiger partial charge in [0.1, 0.15) is 0 Å². The van der Waals surface area contributed by atoms with Gasteiger partial charge in [0, 0.05) is 25.5 Å². The van der Waals surface area contributed by atoms with Crippen LogP contribution in [0.4, 0.5) is 0 Å². The summed E-state index contributed by atoms with van der Waals surface area (Å²) in [6, 6.07) is 1.92. The summed E-state index contributed by atoms with van der Waals surface area (Å²) in [4.78, 5) is 4.22. The fraction of sp³-hybridized carbons (Fsp3) is 0.500. The Morgan fingerprint density at radius 2 is 2.62 bits per heavy atom. The second-order valence-electron chi connectivity index (χ2n) is 2.85. The molecule has 1 aromatic rings. The van der Waals surface area contributed by atoms with Crippen molar-refractivity contribution in [1.29, 1.82) is 0 Å². The van der Waals surface area contributed by atoms with E-state index in [0.29, 0.717) is 0 Å². The maximum Gasteiger partial charge on any atom is 0.191 e. The highest BCUT2D eigenvalue weighted by Gasteiger charge is 2.02. The smallest absolute Gasteiger partial charge is 0.191 e. The zero-order valence-electron chi connectivity index (χ0n) is 7.40. The zero-order valence-corrected chi connectivity index (χ0v) is 7.40. The average molecular weight is 179 g/mol. The van der Waals surface area contributed by atoms with Crippen LogP contribution in [0.25, 0.3) is 0 Å². The molecule has 0 atom stereocenters. The van der Waals surface area contributed by atoms with Crippen molar-refractivity contribution < 1.29 is 0 Å². The van der Waals surface area contributed by atoms with Gasteiger partial charge in [-0.2, -0.15) is 5.10 Å². The van der Waals surface area contributed by atoms with Crippen LogP contribution in [0.2, 0.25) is 0 Å². The third kappa shape index (κ3) is 2.21. The van der Waals surface area contributed by atoms with E-state index in [1.807, 2.05) is 16.9 Å². The molecule has 0 unspecified atom stereocenters. The van der Waals surface area contributed by atoms with Gasteiger partial charge < -0.3 is 10.6 Å². The van der Waals surface area contributed by atoms with Gasteiger partial charge in [-0.1, -0.05) is 0 Å². The second-order valence-corrected chi connectivity index (χ2v) is 2.85. The lowest BCUT2D eigenvalue weighted by atomic mass is 10.6. The van der Waals surface area contributed by atoms with E-state index in [1.54, 1.807) is 6.20 Å². The first-order chi connectivity index (χ1) is 6.45. The van der Waals surface area contributed by atoms with Gasteiger partial charge in [-0.3, -0.25) is 9.67 Å². The average Bonchev–Trinajstić information content (AvgIpc) is 2.75. The minimum atomic E-state index is 0.855. The highest BCUT2D eigenvalue weighted by atomic mass is 15.3. The van der Waals surface area contributed by atoms with Crippen LogP contribution in [0.15, 0.2) is 23.5 Å². The summed E-state index contributed by atoms with van der Waals surface area (Å²) in [5.41, 5.74) is 0. The molecule has 1 aromatic heterocycles. The Labute approximate surface area is 76.9 Å². The number of aromatic nitrogens is 2. The lowest BCUT2D eigenvalue weighted by Crippen LogP contribution is -2.35. The molecule has 0 amide bonds. The van der Waals surface area contributed by atoms with Crippen LogP contribution in [0, 0.1) is 0 Å². The van der Waals surface area contributed by atoms with E-state index in [9.17, 15) is 0 Å². The number of nitrogens with zero attached hydrogens (tertiary/aromatic N) is 3. The van der Waals surface area contributed by atoms with E-state index < -0.39 is 0 Å². The molecule has 0 aliphatic carbocycles. The maximum absolute atomic E-state index is 4.22. The van der Waals surface area contributed by atoms with Gasteiger partial charge in [0.05, 0.1) is 13.1 Å². The van der Waals surface area contributed by atoms with Gasteiger partial charge in [0.25, 0.3) is 0 Å². The van der Waals surface area contributed by atoms with E-state index in [1.165, 1.54) is 0 Å². The highest BCUT2D eigenvalue weighted by molar-refractivity contribution is 5.81. The summed E-state index contributed by atoms with van der Waals surface area (Å²) in [5.74, 6) is 0.909. The molecular weight excluding hydrogens is 166 g/mol. The number of guanidine groups is 1. The van der Waals surface area contributed by atoms with E-state index >= 15 is 0 Å². The molecule has 2 heterocycles. The van der Waals surface area contributed by atoms with Gasteiger partial charge >= 0.3 is 0 Å². The Morgan fingerprint density at radius 3 is 3.31 bits per heavy atom. The van der Waals surface area contributed by atoms with Crippen LogP contribution < -0.4 is 10.6 Å². The van der Waals surface area contributed by atoms with Crippen molar-refractivity contribution in [3.8, 4) is 0 Å². The zero-order chi connectivity index (χ0) is 8.93. The molecule has 0 spiro atoms. The minimum Gasteiger partial charge on any atom is -0.355 e. The minimum absolute atomic E-state index is 0.855. The summed E-state index contributed by atoms with van der Waals surface area (Å²) in [5, 5.41) is 10.4. The fourth-order valence-electron chi connectivity index (χ4n) is 1.24. The normalized spacial score (nSPS) is 15.2. The first-order valence-corrected chi connectivity index (χ1v) is 4.45. The Bertz CT molecular complexity index is 277. The SMILES string of the molecule is c1cnn(CCNC2=NCCN2)c1. The molecule has 70 valence electrons. The number of rotatable bonds is 3. The van der Waals surface area contributed by atoms with Crippen molar-refractivity contribution in [2.75, 3.05) is 19.6 Å². The first-order valence-electron chi connectivity index (χ1n) is 4.45. The number of nitrogens with one attached hydrogen (secondary N) is 2. The predicted molar refractivity (Wildman–Crippen MR) is 50.5 cm³/mol. The van der Waals surface area contributed by atoms with E-state index in [0.717, 1.165) is 32.1 Å². The number of aliphatic imine (C=N–C) groups is 1. The van der Waals surface area contributed by atoms with Gasteiger partial charge in [-0.25, -0.2) is 0 Å². The molecule has 0 bridgehead atoms. The Morgan fingerprint density at radius 1 is 1.62 bits per heavy atom. The molecule has 0 saturated carbocycles. The molecule has 2 rings (SSSR count). The summed E-state index contributed by atoms with van der Waals surface area (Å²) < 4.78 is 1.89. The largest absolute Gasteiger partial charge is 0.355 e. The standard InChI is InChI=1S/C8H13N5/c1-2-12-13(6-1)7-5-11-8-9-3-4-10-8/h1-2,6H,3-5,7H2,(H2,9,10,11). The molecule has 2 N–H and O–H groups in total. The van der Waals surface area contributed by atoms with E-state index in [2.05, 4.69) is 20.7 Å². The van der Waals surface area contributed by atoms with Gasteiger partial charge in [0.15, 0.2) is 5.96 Å². The molecule has 0 fully saturated rings. The topological polar surface area (TPSA) is 54.2 Å². The van der Waals surface area contributed by atoms with Crippen LogP contribution in [0.3, 0.4) is 0 Å². The Hall–Kier alpha value is -1.52. The Balaban J connectivity index is 1.69. The van der Waals surface area contributed by atoms with Crippen molar-refractivity contribution >= 4 is 5.96 Å². The number of hydrogen-bond donors (Lipinski definition) is 2. The molecule has 0 radical (unpaired) electrons. The third-order valence-electron chi connectivity index (χ3n) is 1.87. The van der Waals surface area contributed by atoms with Crippen LogP contribution in [0.1, 0.15) is 0 Å². The molecule has 5 nitrogen and oxygen atoms in total. The highest BCUT2D eigenvalue weighted by Crippen LogP contribution is 1.84. The second kappa shape index (κ2) is 3.93.